The van der Waals surface area contributed by atoms with Gasteiger partial charge in [0.1, 0.15) is 5.69 Å². The zero-order valence-corrected chi connectivity index (χ0v) is 9.66. The number of alkyl halides is 3. The molecule has 1 heterocycles. The molecule has 0 saturated carbocycles. The van der Waals surface area contributed by atoms with Crippen molar-refractivity contribution in [3.63, 3.8) is 0 Å². The van der Waals surface area contributed by atoms with Gasteiger partial charge in [0.15, 0.2) is 0 Å². The van der Waals surface area contributed by atoms with Gasteiger partial charge in [0.25, 0.3) is 5.91 Å². The fraction of sp³-hybridized carbons (Fsp3) is 0.455. The molecule has 0 aromatic carbocycles. The van der Waals surface area contributed by atoms with Gasteiger partial charge in [-0.15, -0.1) is 0 Å². The van der Waals surface area contributed by atoms with Gasteiger partial charge in [0.2, 0.25) is 0 Å². The quantitative estimate of drug-likeness (QED) is 0.866. The average molecular weight is 262 g/mol. The van der Waals surface area contributed by atoms with Crippen LogP contribution in [0.25, 0.3) is 0 Å². The Labute approximate surface area is 102 Å². The Morgan fingerprint density at radius 2 is 2.17 bits per heavy atom. The van der Waals surface area contributed by atoms with Gasteiger partial charge in [-0.05, 0) is 18.6 Å². The minimum Gasteiger partial charge on any atom is -0.394 e. The van der Waals surface area contributed by atoms with Crippen LogP contribution in [0.4, 0.5) is 13.2 Å². The molecule has 1 aromatic rings. The SMILES string of the molecule is CC[C@@H](CO)NC(=O)c1ccc(C(F)(F)F)nc1. The molecule has 1 rings (SSSR count). The van der Waals surface area contributed by atoms with Crippen LogP contribution in [-0.2, 0) is 6.18 Å². The first-order chi connectivity index (χ1) is 8.38. The van der Waals surface area contributed by atoms with E-state index in [0.29, 0.717) is 6.42 Å². The highest BCUT2D eigenvalue weighted by Crippen LogP contribution is 2.27. The van der Waals surface area contributed by atoms with E-state index < -0.39 is 23.8 Å². The van der Waals surface area contributed by atoms with Gasteiger partial charge in [0, 0.05) is 6.20 Å². The molecule has 0 aliphatic heterocycles. The lowest BCUT2D eigenvalue weighted by atomic mass is 10.2. The third kappa shape index (κ3) is 3.69. The molecule has 2 N–H and O–H groups in total. The van der Waals surface area contributed by atoms with Gasteiger partial charge >= 0.3 is 6.18 Å². The van der Waals surface area contributed by atoms with Gasteiger partial charge in [-0.2, -0.15) is 13.2 Å². The van der Waals surface area contributed by atoms with Crippen LogP contribution in [0.15, 0.2) is 18.3 Å². The summed E-state index contributed by atoms with van der Waals surface area (Å²) >= 11 is 0. The Hall–Kier alpha value is -1.63. The van der Waals surface area contributed by atoms with Crippen LogP contribution in [0.2, 0.25) is 0 Å². The molecule has 4 nitrogen and oxygen atoms in total. The van der Waals surface area contributed by atoms with Gasteiger partial charge in [-0.3, -0.25) is 9.78 Å². The molecule has 0 unspecified atom stereocenters. The zero-order chi connectivity index (χ0) is 13.8. The molecule has 100 valence electrons. The third-order valence-corrected chi connectivity index (χ3v) is 2.36. The third-order valence-electron chi connectivity index (χ3n) is 2.36. The predicted molar refractivity (Wildman–Crippen MR) is 57.9 cm³/mol. The Morgan fingerprint density at radius 1 is 1.50 bits per heavy atom. The number of hydrogen-bond acceptors (Lipinski definition) is 3. The monoisotopic (exact) mass is 262 g/mol. The fourth-order valence-electron chi connectivity index (χ4n) is 1.24. The number of aromatic nitrogens is 1. The van der Waals surface area contributed by atoms with Gasteiger partial charge in [-0.1, -0.05) is 6.92 Å². The van der Waals surface area contributed by atoms with Crippen LogP contribution in [0, 0.1) is 0 Å². The molecule has 0 aliphatic carbocycles. The minimum atomic E-state index is -4.52. The number of carbonyl (C=O) groups excluding carboxylic acids is 1. The summed E-state index contributed by atoms with van der Waals surface area (Å²) in [6.07, 6.45) is -3.13. The second-order valence-corrected chi connectivity index (χ2v) is 3.69. The van der Waals surface area contributed by atoms with Crippen LogP contribution >= 0.6 is 0 Å². The minimum absolute atomic E-state index is 0.0231. The van der Waals surface area contributed by atoms with E-state index in [-0.39, 0.29) is 12.2 Å². The Bertz CT molecular complexity index is 400. The van der Waals surface area contributed by atoms with Crippen molar-refractivity contribution in [3.05, 3.63) is 29.6 Å². The largest absolute Gasteiger partial charge is 0.433 e. The van der Waals surface area contributed by atoms with Crippen LogP contribution in [0.1, 0.15) is 29.4 Å². The number of carbonyl (C=O) groups is 1. The van der Waals surface area contributed by atoms with Crippen LogP contribution in [0.3, 0.4) is 0 Å². The summed E-state index contributed by atoms with van der Waals surface area (Å²) in [6.45, 7) is 1.54. The molecule has 0 fully saturated rings. The molecule has 0 radical (unpaired) electrons. The van der Waals surface area contributed by atoms with Crippen molar-refractivity contribution in [2.24, 2.45) is 0 Å². The van der Waals surface area contributed by atoms with Crippen LogP contribution in [-0.4, -0.2) is 28.6 Å². The Morgan fingerprint density at radius 3 is 2.56 bits per heavy atom. The van der Waals surface area contributed by atoms with Gasteiger partial charge < -0.3 is 10.4 Å². The zero-order valence-electron chi connectivity index (χ0n) is 9.66. The summed E-state index contributed by atoms with van der Waals surface area (Å²) in [7, 11) is 0. The molecule has 0 bridgehead atoms. The van der Waals surface area contributed by atoms with Crippen LogP contribution < -0.4 is 5.32 Å². The molecular weight excluding hydrogens is 249 g/mol. The van der Waals surface area contributed by atoms with Crippen molar-refractivity contribution >= 4 is 5.91 Å². The summed E-state index contributed by atoms with van der Waals surface area (Å²) < 4.78 is 36.7. The van der Waals surface area contributed by atoms with E-state index in [1.165, 1.54) is 0 Å². The second-order valence-electron chi connectivity index (χ2n) is 3.69. The summed E-state index contributed by atoms with van der Waals surface area (Å²) in [5, 5.41) is 11.4. The van der Waals surface area contributed by atoms with Crippen molar-refractivity contribution in [3.8, 4) is 0 Å². The molecule has 7 heteroatoms. The van der Waals surface area contributed by atoms with Crippen molar-refractivity contribution in [2.45, 2.75) is 25.6 Å². The van der Waals surface area contributed by atoms with Crippen molar-refractivity contribution in [1.82, 2.24) is 10.3 Å². The predicted octanol–water partition coefficient (Wildman–Crippen LogP) is 1.60. The number of hydrogen-bond donors (Lipinski definition) is 2. The Kier molecular flexibility index (Phi) is 4.66. The maximum Gasteiger partial charge on any atom is 0.433 e. The number of nitrogens with zero attached hydrogens (tertiary/aromatic N) is 1. The molecule has 1 amide bonds. The first-order valence-corrected chi connectivity index (χ1v) is 5.33. The van der Waals surface area contributed by atoms with E-state index >= 15 is 0 Å². The Balaban J connectivity index is 2.76. The van der Waals surface area contributed by atoms with Crippen molar-refractivity contribution < 1.29 is 23.1 Å². The van der Waals surface area contributed by atoms with Gasteiger partial charge in [0.05, 0.1) is 18.2 Å². The maximum atomic E-state index is 12.2. The number of aliphatic hydroxyl groups excluding tert-OH is 1. The second kappa shape index (κ2) is 5.81. The highest BCUT2D eigenvalue weighted by atomic mass is 19.4. The normalized spacial score (nSPS) is 13.2. The number of aliphatic hydroxyl groups is 1. The lowest BCUT2D eigenvalue weighted by Gasteiger charge is -2.14. The van der Waals surface area contributed by atoms with Gasteiger partial charge in [-0.25, -0.2) is 0 Å². The summed E-state index contributed by atoms with van der Waals surface area (Å²) in [4.78, 5) is 14.8. The van der Waals surface area contributed by atoms with Crippen molar-refractivity contribution in [2.75, 3.05) is 6.61 Å². The number of nitrogens with one attached hydrogen (secondary N) is 1. The number of halogens is 3. The first-order valence-electron chi connectivity index (χ1n) is 5.33. The molecule has 0 spiro atoms. The topological polar surface area (TPSA) is 62.2 Å². The molecule has 18 heavy (non-hydrogen) atoms. The molecular formula is C11H13F3N2O2. The molecule has 1 aromatic heterocycles. The number of rotatable bonds is 4. The van der Waals surface area contributed by atoms with Crippen LogP contribution in [0.5, 0.6) is 0 Å². The van der Waals surface area contributed by atoms with E-state index in [2.05, 4.69) is 10.3 Å². The summed E-state index contributed by atoms with van der Waals surface area (Å²) in [5.74, 6) is -0.558. The molecule has 1 atom stereocenters. The summed E-state index contributed by atoms with van der Waals surface area (Å²) in [5.41, 5.74) is -1.02. The van der Waals surface area contributed by atoms with E-state index in [0.717, 1.165) is 18.3 Å². The smallest absolute Gasteiger partial charge is 0.394 e. The van der Waals surface area contributed by atoms with E-state index in [1.807, 2.05) is 0 Å². The summed E-state index contributed by atoms with van der Waals surface area (Å²) in [6, 6.07) is 1.38. The average Bonchev–Trinajstić information content (AvgIpc) is 2.34. The highest BCUT2D eigenvalue weighted by molar-refractivity contribution is 5.94. The molecule has 0 saturated heterocycles. The van der Waals surface area contributed by atoms with Crippen molar-refractivity contribution in [1.29, 1.82) is 0 Å². The maximum absolute atomic E-state index is 12.2. The fourth-order valence-corrected chi connectivity index (χ4v) is 1.24. The van der Waals surface area contributed by atoms with E-state index in [4.69, 9.17) is 5.11 Å². The van der Waals surface area contributed by atoms with E-state index in [1.54, 1.807) is 6.92 Å². The highest BCUT2D eigenvalue weighted by Gasteiger charge is 2.32. The van der Waals surface area contributed by atoms with E-state index in [9.17, 15) is 18.0 Å². The lowest BCUT2D eigenvalue weighted by Crippen LogP contribution is -2.37. The molecule has 0 aliphatic rings. The standard InChI is InChI=1S/C11H13F3N2O2/c1-2-8(6-17)16-10(18)7-3-4-9(15-5-7)11(12,13)14/h3-5,8,17H,2,6H2,1H3,(H,16,18)/t8-/m0/s1. The number of amides is 1. The first kappa shape index (κ1) is 14.4. The number of pyridine rings is 1. The lowest BCUT2D eigenvalue weighted by molar-refractivity contribution is -0.141.